The zero-order valence-corrected chi connectivity index (χ0v) is 11.4. The fourth-order valence-electron chi connectivity index (χ4n) is 0. The van der Waals surface area contributed by atoms with Crippen LogP contribution in [0.4, 0.5) is 13.2 Å². The zero-order valence-electron chi connectivity index (χ0n) is 7.16. The molecular weight excluding hydrogens is 314 g/mol. The van der Waals surface area contributed by atoms with E-state index in [1.807, 2.05) is 0 Å². The molecule has 1 atom stereocenters. The third-order valence-corrected chi connectivity index (χ3v) is 1.01. The van der Waals surface area contributed by atoms with Crippen molar-refractivity contribution in [3.8, 4) is 0 Å². The molecule has 78 valence electrons. The summed E-state index contributed by atoms with van der Waals surface area (Å²) in [5.41, 5.74) is 0. The van der Waals surface area contributed by atoms with Crippen LogP contribution in [0.5, 0.6) is 0 Å². The van der Waals surface area contributed by atoms with Gasteiger partial charge in [0.2, 0.25) is 0 Å². The van der Waals surface area contributed by atoms with Gasteiger partial charge < -0.3 is 16.1 Å². The summed E-state index contributed by atoms with van der Waals surface area (Å²) in [7, 11) is -4.64. The first-order valence-electron chi connectivity index (χ1n) is 2.07. The van der Waals surface area contributed by atoms with E-state index in [4.69, 9.17) is 19.2 Å². The molecule has 0 radical (unpaired) electrons. The minimum atomic E-state index is -4.64. The SMILES string of the molecule is FC(F)(F)C(Cl)Br.O=P(O)(O)O.[H-].[Na+]. The molecule has 0 saturated heterocycles. The predicted molar refractivity (Wildman–Crippen MR) is 40.0 cm³/mol. The largest absolute Gasteiger partial charge is 1.00 e. The Morgan fingerprint density at radius 3 is 1.46 bits per heavy atom. The van der Waals surface area contributed by atoms with Gasteiger partial charge >= 0.3 is 43.6 Å². The summed E-state index contributed by atoms with van der Waals surface area (Å²) < 4.78 is 40.0. The van der Waals surface area contributed by atoms with Gasteiger partial charge in [-0.25, -0.2) is 4.57 Å². The third kappa shape index (κ3) is 31.6. The van der Waals surface area contributed by atoms with Crippen LogP contribution in [-0.4, -0.2) is 25.1 Å². The second kappa shape index (κ2) is 7.90. The summed E-state index contributed by atoms with van der Waals surface area (Å²) in [6, 6.07) is 0. The molecule has 0 amide bonds. The summed E-state index contributed by atoms with van der Waals surface area (Å²) in [5, 5.41) is 0. The molecule has 0 saturated carbocycles. The van der Waals surface area contributed by atoms with E-state index in [9.17, 15) is 13.2 Å². The van der Waals surface area contributed by atoms with Crippen LogP contribution in [-0.2, 0) is 4.57 Å². The van der Waals surface area contributed by atoms with Crippen LogP contribution < -0.4 is 29.6 Å². The minimum Gasteiger partial charge on any atom is -1.00 e. The fourth-order valence-corrected chi connectivity index (χ4v) is 0. The summed E-state index contributed by atoms with van der Waals surface area (Å²) in [4.78, 5) is 21.6. The van der Waals surface area contributed by atoms with E-state index in [2.05, 4.69) is 27.5 Å². The van der Waals surface area contributed by atoms with Gasteiger partial charge in [0.15, 0.2) is 4.29 Å². The van der Waals surface area contributed by atoms with Crippen LogP contribution in [0.2, 0.25) is 0 Å². The summed E-state index contributed by atoms with van der Waals surface area (Å²) in [6.45, 7) is 0. The second-order valence-electron chi connectivity index (χ2n) is 1.36. The molecule has 0 heterocycles. The molecule has 13 heavy (non-hydrogen) atoms. The number of phosphoric acid groups is 1. The second-order valence-corrected chi connectivity index (χ2v) is 4.26. The Bertz CT molecular complexity index is 168. The first kappa shape index (κ1) is 20.1. The van der Waals surface area contributed by atoms with Crippen LogP contribution in [0.3, 0.4) is 0 Å². The quantitative estimate of drug-likeness (QED) is 0.295. The van der Waals surface area contributed by atoms with Gasteiger partial charge in [-0.1, -0.05) is 15.9 Å². The summed E-state index contributed by atoms with van der Waals surface area (Å²) in [6.07, 6.45) is -4.32. The van der Waals surface area contributed by atoms with Crippen molar-refractivity contribution in [3.63, 3.8) is 0 Å². The average Bonchev–Trinajstić information content (AvgIpc) is 1.55. The van der Waals surface area contributed by atoms with Crippen LogP contribution in [0.25, 0.3) is 0 Å². The van der Waals surface area contributed by atoms with E-state index in [1.165, 1.54) is 0 Å². The van der Waals surface area contributed by atoms with Gasteiger partial charge in [-0.15, -0.1) is 11.6 Å². The minimum absolute atomic E-state index is 0. The molecular formula is C2H5BrClF3NaO4P. The van der Waals surface area contributed by atoms with Gasteiger partial charge in [0, 0.05) is 0 Å². The Labute approximate surface area is 109 Å². The molecule has 0 aromatic heterocycles. The summed E-state index contributed by atoms with van der Waals surface area (Å²) in [5.74, 6) is 0. The van der Waals surface area contributed by atoms with Crippen LogP contribution in [0.15, 0.2) is 0 Å². The summed E-state index contributed by atoms with van der Waals surface area (Å²) >= 11 is 6.68. The smallest absolute Gasteiger partial charge is 1.00 e. The number of hydrogen-bond acceptors (Lipinski definition) is 1. The van der Waals surface area contributed by atoms with Gasteiger partial charge in [0.1, 0.15) is 0 Å². The van der Waals surface area contributed by atoms with Crippen molar-refractivity contribution in [2.75, 3.05) is 0 Å². The Morgan fingerprint density at radius 2 is 1.46 bits per heavy atom. The van der Waals surface area contributed by atoms with Crippen molar-refractivity contribution in [2.24, 2.45) is 0 Å². The number of halogens is 5. The van der Waals surface area contributed by atoms with Gasteiger partial charge in [0.25, 0.3) is 0 Å². The molecule has 3 N–H and O–H groups in total. The molecule has 0 aliphatic rings. The molecule has 0 aliphatic carbocycles. The molecule has 0 fully saturated rings. The van der Waals surface area contributed by atoms with Gasteiger partial charge in [0.05, 0.1) is 0 Å². The molecule has 0 aliphatic heterocycles. The Kier molecular flexibility index (Phi) is 12.2. The average molecular weight is 319 g/mol. The van der Waals surface area contributed by atoms with Crippen LogP contribution >= 0.6 is 35.4 Å². The topological polar surface area (TPSA) is 77.8 Å². The van der Waals surface area contributed by atoms with E-state index in [1.54, 1.807) is 0 Å². The Morgan fingerprint density at radius 1 is 1.38 bits per heavy atom. The Hall–Kier alpha value is 1.67. The van der Waals surface area contributed by atoms with Crippen LogP contribution in [0, 0.1) is 0 Å². The van der Waals surface area contributed by atoms with Gasteiger partial charge in [-0.2, -0.15) is 13.2 Å². The van der Waals surface area contributed by atoms with Crippen LogP contribution in [0.1, 0.15) is 1.43 Å². The van der Waals surface area contributed by atoms with Gasteiger partial charge in [-0.05, 0) is 0 Å². The standard InChI is InChI=1S/C2HBrClF3.Na.H3O4P.H/c3-1(4)2(5,6)7;;1-5(2,3)4;/h1H;;(H3,1,2,3,4);/q;+1;;-1. The van der Waals surface area contributed by atoms with Crippen molar-refractivity contribution < 1.29 is 63.4 Å². The first-order valence-corrected chi connectivity index (χ1v) is 4.99. The van der Waals surface area contributed by atoms with Crippen molar-refractivity contribution in [2.45, 2.75) is 10.5 Å². The van der Waals surface area contributed by atoms with Crippen molar-refractivity contribution in [1.29, 1.82) is 0 Å². The molecule has 0 rings (SSSR count). The first-order chi connectivity index (χ1) is 4.94. The van der Waals surface area contributed by atoms with E-state index < -0.39 is 18.3 Å². The zero-order chi connectivity index (χ0) is 10.6. The maximum Gasteiger partial charge on any atom is 1.00 e. The molecule has 0 bridgehead atoms. The van der Waals surface area contributed by atoms with Gasteiger partial charge in [-0.3, -0.25) is 0 Å². The number of hydrogen-bond donors (Lipinski definition) is 3. The maximum atomic E-state index is 11.0. The maximum absolute atomic E-state index is 11.0. The molecule has 0 aromatic rings. The van der Waals surface area contributed by atoms with Crippen molar-refractivity contribution >= 4 is 35.4 Å². The van der Waals surface area contributed by atoms with E-state index in [-0.39, 0.29) is 31.0 Å². The van der Waals surface area contributed by atoms with E-state index >= 15 is 0 Å². The Balaban J connectivity index is -0.0000000651. The normalized spacial score (nSPS) is 13.5. The molecule has 11 heteroatoms. The molecule has 0 spiro atoms. The third-order valence-electron chi connectivity index (χ3n) is 0.247. The molecule has 1 unspecified atom stereocenters. The van der Waals surface area contributed by atoms with Crippen molar-refractivity contribution in [3.05, 3.63) is 0 Å². The predicted octanol–water partition coefficient (Wildman–Crippen LogP) is -1.30. The molecule has 0 aromatic carbocycles. The number of rotatable bonds is 0. The monoisotopic (exact) mass is 318 g/mol. The van der Waals surface area contributed by atoms with E-state index in [0.717, 1.165) is 0 Å². The van der Waals surface area contributed by atoms with Crippen molar-refractivity contribution in [1.82, 2.24) is 0 Å². The van der Waals surface area contributed by atoms with E-state index in [0.29, 0.717) is 0 Å². The fraction of sp³-hybridized carbons (Fsp3) is 1.00. The number of alkyl halides is 5. The molecule has 4 nitrogen and oxygen atoms in total.